The Labute approximate surface area is 168 Å². The van der Waals surface area contributed by atoms with Crippen LogP contribution in [0.2, 0.25) is 0 Å². The molecular formula is C18H32IN3O3. The fourth-order valence-electron chi connectivity index (χ4n) is 2.00. The highest BCUT2D eigenvalue weighted by Gasteiger charge is 2.06. The molecule has 0 aliphatic carbocycles. The SMILES string of the molecule is CCNC(=NCc1ccc(C)cc1OCCOC)NCC(C)CO.I. The zero-order valence-electron chi connectivity index (χ0n) is 15.7. The molecule has 0 aliphatic heterocycles. The van der Waals surface area contributed by atoms with Crippen molar-refractivity contribution >= 4 is 29.9 Å². The normalized spacial score (nSPS) is 12.3. The molecule has 0 spiro atoms. The second-order valence-corrected chi connectivity index (χ2v) is 5.82. The van der Waals surface area contributed by atoms with Crippen LogP contribution < -0.4 is 15.4 Å². The van der Waals surface area contributed by atoms with Crippen molar-refractivity contribution in [3.8, 4) is 5.75 Å². The molecule has 1 unspecified atom stereocenters. The highest BCUT2D eigenvalue weighted by molar-refractivity contribution is 14.0. The number of aryl methyl sites for hydroxylation is 1. The monoisotopic (exact) mass is 465 g/mol. The number of guanidine groups is 1. The van der Waals surface area contributed by atoms with Gasteiger partial charge in [-0.1, -0.05) is 19.1 Å². The van der Waals surface area contributed by atoms with E-state index in [1.54, 1.807) is 7.11 Å². The highest BCUT2D eigenvalue weighted by atomic mass is 127. The van der Waals surface area contributed by atoms with Gasteiger partial charge >= 0.3 is 0 Å². The first-order chi connectivity index (χ1) is 11.6. The summed E-state index contributed by atoms with van der Waals surface area (Å²) in [5, 5.41) is 15.6. The summed E-state index contributed by atoms with van der Waals surface area (Å²) in [4.78, 5) is 4.61. The number of nitrogens with one attached hydrogen (secondary N) is 2. The maximum Gasteiger partial charge on any atom is 0.191 e. The van der Waals surface area contributed by atoms with Gasteiger partial charge in [0, 0.05) is 32.4 Å². The lowest BCUT2D eigenvalue weighted by Gasteiger charge is -2.15. The number of benzene rings is 1. The van der Waals surface area contributed by atoms with Gasteiger partial charge in [0.15, 0.2) is 5.96 Å². The van der Waals surface area contributed by atoms with Crippen molar-refractivity contribution in [2.75, 3.05) is 40.0 Å². The molecule has 25 heavy (non-hydrogen) atoms. The average molecular weight is 465 g/mol. The van der Waals surface area contributed by atoms with E-state index in [-0.39, 0.29) is 36.5 Å². The molecule has 0 saturated heterocycles. The summed E-state index contributed by atoms with van der Waals surface area (Å²) in [5.41, 5.74) is 2.18. The van der Waals surface area contributed by atoms with Crippen molar-refractivity contribution in [2.24, 2.45) is 10.9 Å². The summed E-state index contributed by atoms with van der Waals surface area (Å²) in [7, 11) is 1.66. The van der Waals surface area contributed by atoms with Gasteiger partial charge in [-0.3, -0.25) is 0 Å². The molecule has 1 rings (SSSR count). The van der Waals surface area contributed by atoms with Crippen LogP contribution in [0.1, 0.15) is 25.0 Å². The predicted octanol–water partition coefficient (Wildman–Crippen LogP) is 2.32. The average Bonchev–Trinajstić information content (AvgIpc) is 2.58. The lowest BCUT2D eigenvalue weighted by molar-refractivity contribution is 0.145. The van der Waals surface area contributed by atoms with Crippen LogP contribution in [0, 0.1) is 12.8 Å². The number of hydrogen-bond donors (Lipinski definition) is 3. The number of aliphatic hydroxyl groups is 1. The number of nitrogens with zero attached hydrogens (tertiary/aromatic N) is 1. The number of aliphatic imine (C=N–C) groups is 1. The lowest BCUT2D eigenvalue weighted by atomic mass is 10.1. The molecule has 0 amide bonds. The van der Waals surface area contributed by atoms with Crippen LogP contribution >= 0.6 is 24.0 Å². The van der Waals surface area contributed by atoms with Gasteiger partial charge in [-0.25, -0.2) is 4.99 Å². The Balaban J connectivity index is 0.00000576. The third kappa shape index (κ3) is 9.86. The smallest absolute Gasteiger partial charge is 0.191 e. The Morgan fingerprint density at radius 3 is 2.68 bits per heavy atom. The highest BCUT2D eigenvalue weighted by Crippen LogP contribution is 2.21. The minimum Gasteiger partial charge on any atom is -0.491 e. The van der Waals surface area contributed by atoms with Gasteiger partial charge in [0.05, 0.1) is 13.2 Å². The van der Waals surface area contributed by atoms with Gasteiger partial charge in [0.1, 0.15) is 12.4 Å². The first-order valence-electron chi connectivity index (χ1n) is 8.45. The second-order valence-electron chi connectivity index (χ2n) is 5.82. The molecule has 0 heterocycles. The first-order valence-corrected chi connectivity index (χ1v) is 8.45. The van der Waals surface area contributed by atoms with E-state index in [2.05, 4.69) is 21.7 Å². The van der Waals surface area contributed by atoms with Crippen molar-refractivity contribution in [1.29, 1.82) is 0 Å². The molecule has 0 radical (unpaired) electrons. The van der Waals surface area contributed by atoms with Crippen LogP contribution in [-0.4, -0.2) is 51.1 Å². The van der Waals surface area contributed by atoms with Gasteiger partial charge in [-0.15, -0.1) is 24.0 Å². The van der Waals surface area contributed by atoms with Crippen LogP contribution in [0.4, 0.5) is 0 Å². The number of hydrogen-bond acceptors (Lipinski definition) is 4. The molecule has 144 valence electrons. The van der Waals surface area contributed by atoms with E-state index in [1.807, 2.05) is 32.9 Å². The van der Waals surface area contributed by atoms with E-state index in [0.717, 1.165) is 29.4 Å². The number of methoxy groups -OCH3 is 1. The number of rotatable bonds is 10. The summed E-state index contributed by atoms with van der Waals surface area (Å²) >= 11 is 0. The molecule has 0 saturated carbocycles. The standard InChI is InChI=1S/C18H31N3O3.HI/c1-5-19-18(20-11-15(3)13-22)21-12-16-7-6-14(2)10-17(16)24-9-8-23-4;/h6-7,10,15,22H,5,8-9,11-13H2,1-4H3,(H2,19,20,21);1H. The maximum atomic E-state index is 9.12. The van der Waals surface area contributed by atoms with Crippen molar-refractivity contribution < 1.29 is 14.6 Å². The van der Waals surface area contributed by atoms with Crippen LogP contribution in [0.3, 0.4) is 0 Å². The zero-order chi connectivity index (χ0) is 17.8. The molecule has 0 bridgehead atoms. The molecule has 7 heteroatoms. The van der Waals surface area contributed by atoms with Crippen LogP contribution in [0.25, 0.3) is 0 Å². The van der Waals surface area contributed by atoms with Crippen LogP contribution in [0.15, 0.2) is 23.2 Å². The second kappa shape index (κ2) is 14.1. The molecule has 0 fully saturated rings. The van der Waals surface area contributed by atoms with Crippen molar-refractivity contribution in [2.45, 2.75) is 27.3 Å². The Morgan fingerprint density at radius 2 is 2.04 bits per heavy atom. The van der Waals surface area contributed by atoms with Crippen molar-refractivity contribution in [3.05, 3.63) is 29.3 Å². The maximum absolute atomic E-state index is 9.12. The Hall–Kier alpha value is -1.06. The molecular weight excluding hydrogens is 433 g/mol. The summed E-state index contributed by atoms with van der Waals surface area (Å²) in [6.45, 7) is 9.25. The van der Waals surface area contributed by atoms with Gasteiger partial charge in [-0.2, -0.15) is 0 Å². The summed E-state index contributed by atoms with van der Waals surface area (Å²) in [6.07, 6.45) is 0. The minimum atomic E-state index is 0. The lowest BCUT2D eigenvalue weighted by Crippen LogP contribution is -2.39. The molecule has 3 N–H and O–H groups in total. The summed E-state index contributed by atoms with van der Waals surface area (Å²) in [6, 6.07) is 6.12. The molecule has 0 aromatic heterocycles. The molecule has 1 aromatic rings. The predicted molar refractivity (Wildman–Crippen MR) is 113 cm³/mol. The molecule has 1 aromatic carbocycles. The van der Waals surface area contributed by atoms with Crippen LogP contribution in [0.5, 0.6) is 5.75 Å². The summed E-state index contributed by atoms with van der Waals surface area (Å²) in [5.74, 6) is 1.76. The van der Waals surface area contributed by atoms with Crippen molar-refractivity contribution in [3.63, 3.8) is 0 Å². The molecule has 6 nitrogen and oxygen atoms in total. The number of aliphatic hydroxyl groups excluding tert-OH is 1. The Kier molecular flexibility index (Phi) is 13.5. The van der Waals surface area contributed by atoms with Gasteiger partial charge < -0.3 is 25.2 Å². The van der Waals surface area contributed by atoms with Crippen molar-refractivity contribution in [1.82, 2.24) is 10.6 Å². The Morgan fingerprint density at radius 1 is 1.28 bits per heavy atom. The van der Waals surface area contributed by atoms with E-state index in [1.165, 1.54) is 0 Å². The van der Waals surface area contributed by atoms with Gasteiger partial charge in [0.25, 0.3) is 0 Å². The fraction of sp³-hybridized carbons (Fsp3) is 0.611. The quantitative estimate of drug-likeness (QED) is 0.214. The van der Waals surface area contributed by atoms with E-state index >= 15 is 0 Å². The molecule has 1 atom stereocenters. The third-order valence-corrected chi connectivity index (χ3v) is 3.45. The van der Waals surface area contributed by atoms with Gasteiger partial charge in [0.2, 0.25) is 0 Å². The zero-order valence-corrected chi connectivity index (χ0v) is 18.0. The molecule has 0 aliphatic rings. The minimum absolute atomic E-state index is 0. The first kappa shape index (κ1) is 23.9. The van der Waals surface area contributed by atoms with Gasteiger partial charge in [-0.05, 0) is 31.4 Å². The Bertz CT molecular complexity index is 512. The number of halogens is 1. The van der Waals surface area contributed by atoms with E-state index < -0.39 is 0 Å². The van der Waals surface area contributed by atoms with E-state index in [9.17, 15) is 0 Å². The van der Waals surface area contributed by atoms with E-state index in [4.69, 9.17) is 14.6 Å². The van der Waals surface area contributed by atoms with E-state index in [0.29, 0.717) is 26.3 Å². The third-order valence-electron chi connectivity index (χ3n) is 3.45. The topological polar surface area (TPSA) is 75.1 Å². The largest absolute Gasteiger partial charge is 0.491 e. The van der Waals surface area contributed by atoms with Crippen LogP contribution in [-0.2, 0) is 11.3 Å². The number of ether oxygens (including phenoxy) is 2. The summed E-state index contributed by atoms with van der Waals surface area (Å²) < 4.78 is 10.8. The fourth-order valence-corrected chi connectivity index (χ4v) is 2.00.